The Labute approximate surface area is 119 Å². The molecule has 2 atom stereocenters. The van der Waals surface area contributed by atoms with Gasteiger partial charge < -0.3 is 10.0 Å². The molecule has 21 heavy (non-hydrogen) atoms. The number of carboxylic acids is 1. The maximum Gasteiger partial charge on any atom is 0.433 e. The third-order valence-corrected chi connectivity index (χ3v) is 4.65. The molecule has 4 nitrogen and oxygen atoms in total. The Morgan fingerprint density at radius 2 is 2.19 bits per heavy atom. The van der Waals surface area contributed by atoms with Crippen LogP contribution in [0.1, 0.15) is 25.0 Å². The van der Waals surface area contributed by atoms with Crippen molar-refractivity contribution in [2.24, 2.45) is 11.3 Å². The SMILES string of the molecule is O=C(O)[C@@]12CCC[C@H]1CN(c1cccc(C(F)(F)F)n1)C2. The second kappa shape index (κ2) is 4.61. The van der Waals surface area contributed by atoms with Gasteiger partial charge >= 0.3 is 12.1 Å². The van der Waals surface area contributed by atoms with E-state index in [4.69, 9.17) is 0 Å². The highest BCUT2D eigenvalue weighted by Crippen LogP contribution is 2.49. The quantitative estimate of drug-likeness (QED) is 0.912. The molecule has 2 heterocycles. The minimum Gasteiger partial charge on any atom is -0.481 e. The van der Waals surface area contributed by atoms with Crippen LogP contribution >= 0.6 is 0 Å². The van der Waals surface area contributed by atoms with Crippen molar-refractivity contribution < 1.29 is 23.1 Å². The fourth-order valence-corrected chi connectivity index (χ4v) is 3.57. The number of anilines is 1. The van der Waals surface area contributed by atoms with Crippen molar-refractivity contribution in [3.8, 4) is 0 Å². The number of carbonyl (C=O) groups is 1. The first-order valence-corrected chi connectivity index (χ1v) is 6.85. The first kappa shape index (κ1) is 14.2. The highest BCUT2D eigenvalue weighted by atomic mass is 19.4. The lowest BCUT2D eigenvalue weighted by Crippen LogP contribution is -2.35. The monoisotopic (exact) mass is 300 g/mol. The molecule has 0 amide bonds. The molecule has 1 aromatic rings. The number of pyridine rings is 1. The van der Waals surface area contributed by atoms with Gasteiger partial charge in [0.1, 0.15) is 11.5 Å². The van der Waals surface area contributed by atoms with Gasteiger partial charge in [0.15, 0.2) is 0 Å². The first-order chi connectivity index (χ1) is 9.83. The van der Waals surface area contributed by atoms with Gasteiger partial charge in [0.05, 0.1) is 5.41 Å². The van der Waals surface area contributed by atoms with Crippen LogP contribution in [0, 0.1) is 11.3 Å². The van der Waals surface area contributed by atoms with E-state index >= 15 is 0 Å². The molecule has 0 aromatic carbocycles. The van der Waals surface area contributed by atoms with Crippen molar-refractivity contribution in [3.05, 3.63) is 23.9 Å². The van der Waals surface area contributed by atoms with Crippen LogP contribution in [-0.4, -0.2) is 29.1 Å². The number of aromatic nitrogens is 1. The van der Waals surface area contributed by atoms with E-state index in [2.05, 4.69) is 4.98 Å². The lowest BCUT2D eigenvalue weighted by Gasteiger charge is -2.24. The first-order valence-electron chi connectivity index (χ1n) is 6.85. The molecule has 1 saturated carbocycles. The third kappa shape index (κ3) is 2.24. The number of alkyl halides is 3. The predicted octanol–water partition coefficient (Wildman–Crippen LogP) is 2.79. The maximum absolute atomic E-state index is 12.7. The summed E-state index contributed by atoms with van der Waals surface area (Å²) in [5.74, 6) is -0.648. The Morgan fingerprint density at radius 1 is 1.43 bits per heavy atom. The van der Waals surface area contributed by atoms with E-state index in [1.807, 2.05) is 0 Å². The van der Waals surface area contributed by atoms with Crippen molar-refractivity contribution in [2.45, 2.75) is 25.4 Å². The number of rotatable bonds is 2. The van der Waals surface area contributed by atoms with Crippen molar-refractivity contribution >= 4 is 11.8 Å². The van der Waals surface area contributed by atoms with Crippen LogP contribution < -0.4 is 4.90 Å². The summed E-state index contributed by atoms with van der Waals surface area (Å²) in [5, 5.41) is 9.50. The van der Waals surface area contributed by atoms with Crippen LogP contribution in [0.15, 0.2) is 18.2 Å². The van der Waals surface area contributed by atoms with Gasteiger partial charge in [-0.05, 0) is 30.9 Å². The third-order valence-electron chi connectivity index (χ3n) is 4.65. The number of nitrogens with zero attached hydrogens (tertiary/aromatic N) is 2. The number of hydrogen-bond acceptors (Lipinski definition) is 3. The minimum absolute atomic E-state index is 0.00802. The Balaban J connectivity index is 1.89. The lowest BCUT2D eigenvalue weighted by molar-refractivity contribution is -0.149. The zero-order chi connectivity index (χ0) is 15.3. The molecule has 0 unspecified atom stereocenters. The van der Waals surface area contributed by atoms with Gasteiger partial charge in [-0.25, -0.2) is 4.98 Å². The van der Waals surface area contributed by atoms with Gasteiger partial charge in [0, 0.05) is 13.1 Å². The Kier molecular flexibility index (Phi) is 3.11. The van der Waals surface area contributed by atoms with E-state index in [0.717, 1.165) is 18.9 Å². The molecule has 1 aliphatic heterocycles. The molecule has 3 rings (SSSR count). The molecule has 1 aliphatic carbocycles. The lowest BCUT2D eigenvalue weighted by atomic mass is 9.81. The van der Waals surface area contributed by atoms with Gasteiger partial charge in [0.25, 0.3) is 0 Å². The average molecular weight is 300 g/mol. The predicted molar refractivity (Wildman–Crippen MR) is 68.9 cm³/mol. The molecular formula is C14H15F3N2O2. The van der Waals surface area contributed by atoms with Crippen LogP contribution in [0.4, 0.5) is 19.0 Å². The average Bonchev–Trinajstić information content (AvgIpc) is 2.95. The van der Waals surface area contributed by atoms with Crippen LogP contribution in [0.2, 0.25) is 0 Å². The van der Waals surface area contributed by atoms with E-state index in [9.17, 15) is 23.1 Å². The van der Waals surface area contributed by atoms with E-state index in [-0.39, 0.29) is 18.3 Å². The van der Waals surface area contributed by atoms with E-state index < -0.39 is 23.3 Å². The summed E-state index contributed by atoms with van der Waals surface area (Å²) < 4.78 is 38.1. The van der Waals surface area contributed by atoms with Crippen molar-refractivity contribution in [1.82, 2.24) is 4.98 Å². The molecule has 2 fully saturated rings. The molecule has 114 valence electrons. The summed E-state index contributed by atoms with van der Waals surface area (Å²) in [6.45, 7) is 0.696. The zero-order valence-corrected chi connectivity index (χ0v) is 11.2. The van der Waals surface area contributed by atoms with Gasteiger partial charge in [0.2, 0.25) is 0 Å². The normalized spacial score (nSPS) is 28.7. The summed E-state index contributed by atoms with van der Waals surface area (Å²) in [7, 11) is 0. The minimum atomic E-state index is -4.49. The molecule has 1 aromatic heterocycles. The van der Waals surface area contributed by atoms with Crippen molar-refractivity contribution in [3.63, 3.8) is 0 Å². The van der Waals surface area contributed by atoms with Gasteiger partial charge in [-0.3, -0.25) is 4.79 Å². The summed E-state index contributed by atoms with van der Waals surface area (Å²) in [4.78, 5) is 16.9. The molecule has 1 N–H and O–H groups in total. The summed E-state index contributed by atoms with van der Waals surface area (Å²) in [5.41, 5.74) is -1.77. The molecule has 1 saturated heterocycles. The molecule has 7 heteroatoms. The summed E-state index contributed by atoms with van der Waals surface area (Å²) >= 11 is 0. The van der Waals surface area contributed by atoms with Crippen LogP contribution in [0.5, 0.6) is 0 Å². The topological polar surface area (TPSA) is 53.4 Å². The molecule has 0 radical (unpaired) electrons. The molecule has 0 bridgehead atoms. The van der Waals surface area contributed by atoms with E-state index in [1.165, 1.54) is 12.1 Å². The summed E-state index contributed by atoms with van der Waals surface area (Å²) in [6, 6.07) is 3.74. The number of hydrogen-bond donors (Lipinski definition) is 1. The van der Waals surface area contributed by atoms with Crippen molar-refractivity contribution in [1.29, 1.82) is 0 Å². The number of aliphatic carboxylic acids is 1. The fourth-order valence-electron chi connectivity index (χ4n) is 3.57. The fraction of sp³-hybridized carbons (Fsp3) is 0.571. The maximum atomic E-state index is 12.7. The van der Waals surface area contributed by atoms with Gasteiger partial charge in [-0.2, -0.15) is 13.2 Å². The zero-order valence-electron chi connectivity index (χ0n) is 11.2. The van der Waals surface area contributed by atoms with E-state index in [1.54, 1.807) is 4.90 Å². The van der Waals surface area contributed by atoms with Gasteiger partial charge in [-0.1, -0.05) is 12.5 Å². The summed E-state index contributed by atoms with van der Waals surface area (Å²) in [6.07, 6.45) is -2.23. The van der Waals surface area contributed by atoms with Crippen LogP contribution in [0.25, 0.3) is 0 Å². The number of carboxylic acid groups (broad SMARTS) is 1. The largest absolute Gasteiger partial charge is 0.481 e. The highest BCUT2D eigenvalue weighted by Gasteiger charge is 2.55. The van der Waals surface area contributed by atoms with Crippen LogP contribution in [-0.2, 0) is 11.0 Å². The van der Waals surface area contributed by atoms with Crippen molar-refractivity contribution in [2.75, 3.05) is 18.0 Å². The standard InChI is InChI=1S/C14H15F3N2O2/c15-14(16,17)10-4-1-5-11(18-10)19-7-9-3-2-6-13(9,8-19)12(20)21/h1,4-5,9H,2-3,6-8H2,(H,20,21)/t9-,13+/m0/s1. The number of halogens is 3. The second-order valence-corrected chi connectivity index (χ2v) is 5.81. The Bertz CT molecular complexity index is 576. The van der Waals surface area contributed by atoms with Crippen LogP contribution in [0.3, 0.4) is 0 Å². The Hall–Kier alpha value is -1.79. The molecule has 0 spiro atoms. The highest BCUT2D eigenvalue weighted by molar-refractivity contribution is 5.77. The number of fused-ring (bicyclic) bond motifs is 1. The second-order valence-electron chi connectivity index (χ2n) is 5.81. The van der Waals surface area contributed by atoms with E-state index in [0.29, 0.717) is 13.0 Å². The van der Waals surface area contributed by atoms with Gasteiger partial charge in [-0.15, -0.1) is 0 Å². The smallest absolute Gasteiger partial charge is 0.433 e. The molecular weight excluding hydrogens is 285 g/mol. The Morgan fingerprint density at radius 3 is 2.81 bits per heavy atom. The molecule has 2 aliphatic rings.